The first kappa shape index (κ1) is 15.4. The number of aryl methyl sites for hydroxylation is 3. The average molecular weight is 286 g/mol. The van der Waals surface area contributed by atoms with Gasteiger partial charge >= 0.3 is 6.01 Å². The van der Waals surface area contributed by atoms with Crippen LogP contribution in [-0.4, -0.2) is 21.5 Å². The first-order chi connectivity index (χ1) is 10.1. The number of pyridine rings is 1. The molecule has 0 saturated carbocycles. The molecule has 2 rings (SSSR count). The second-order valence-corrected chi connectivity index (χ2v) is 4.90. The van der Waals surface area contributed by atoms with Crippen molar-refractivity contribution in [3.63, 3.8) is 0 Å². The van der Waals surface area contributed by atoms with Crippen molar-refractivity contribution in [1.82, 2.24) is 20.3 Å². The van der Waals surface area contributed by atoms with Crippen LogP contribution in [0.25, 0.3) is 0 Å². The molecular weight excluding hydrogens is 264 g/mol. The minimum absolute atomic E-state index is 0.369. The SMILES string of the molecule is CCNCc1cnc(Oc2ccc(C)nc2CC)nc1C. The molecule has 5 nitrogen and oxygen atoms in total. The first-order valence-electron chi connectivity index (χ1n) is 7.31. The van der Waals surface area contributed by atoms with E-state index in [9.17, 15) is 0 Å². The van der Waals surface area contributed by atoms with Crippen LogP contribution in [0.2, 0.25) is 0 Å². The van der Waals surface area contributed by atoms with Gasteiger partial charge in [0.15, 0.2) is 5.75 Å². The monoisotopic (exact) mass is 286 g/mol. The zero-order valence-corrected chi connectivity index (χ0v) is 13.1. The van der Waals surface area contributed by atoms with Crippen LogP contribution in [0.3, 0.4) is 0 Å². The molecule has 0 spiro atoms. The Hall–Kier alpha value is -2.01. The van der Waals surface area contributed by atoms with Crippen molar-refractivity contribution in [1.29, 1.82) is 0 Å². The molecule has 0 fully saturated rings. The van der Waals surface area contributed by atoms with E-state index in [0.717, 1.165) is 47.9 Å². The number of nitrogens with zero attached hydrogens (tertiary/aromatic N) is 3. The number of rotatable bonds is 6. The summed E-state index contributed by atoms with van der Waals surface area (Å²) in [6, 6.07) is 4.22. The number of ether oxygens (including phenoxy) is 1. The third-order valence-corrected chi connectivity index (χ3v) is 3.23. The van der Waals surface area contributed by atoms with Crippen LogP contribution >= 0.6 is 0 Å². The highest BCUT2D eigenvalue weighted by molar-refractivity contribution is 5.32. The predicted octanol–water partition coefficient (Wildman–Crippen LogP) is 2.95. The maximum Gasteiger partial charge on any atom is 0.322 e. The van der Waals surface area contributed by atoms with Crippen LogP contribution in [0, 0.1) is 13.8 Å². The summed E-state index contributed by atoms with van der Waals surface area (Å²) in [5.41, 5.74) is 3.92. The molecule has 0 atom stereocenters. The number of nitrogens with one attached hydrogen (secondary N) is 1. The molecule has 0 aliphatic carbocycles. The summed E-state index contributed by atoms with van der Waals surface area (Å²) in [6.07, 6.45) is 2.63. The van der Waals surface area contributed by atoms with Crippen molar-refractivity contribution in [2.24, 2.45) is 0 Å². The van der Waals surface area contributed by atoms with E-state index in [2.05, 4.69) is 34.1 Å². The van der Waals surface area contributed by atoms with Gasteiger partial charge in [0.05, 0.1) is 5.69 Å². The van der Waals surface area contributed by atoms with Gasteiger partial charge in [-0.1, -0.05) is 13.8 Å². The summed E-state index contributed by atoms with van der Waals surface area (Å²) in [5.74, 6) is 0.724. The Kier molecular flexibility index (Phi) is 5.22. The molecule has 0 saturated heterocycles. The van der Waals surface area contributed by atoms with Crippen LogP contribution < -0.4 is 10.1 Å². The van der Waals surface area contributed by atoms with Gasteiger partial charge in [-0.25, -0.2) is 4.98 Å². The van der Waals surface area contributed by atoms with Gasteiger partial charge in [-0.2, -0.15) is 4.98 Å². The van der Waals surface area contributed by atoms with E-state index in [-0.39, 0.29) is 0 Å². The molecule has 1 N–H and O–H groups in total. The van der Waals surface area contributed by atoms with E-state index in [0.29, 0.717) is 6.01 Å². The lowest BCUT2D eigenvalue weighted by Crippen LogP contribution is -2.13. The van der Waals surface area contributed by atoms with Crippen LogP contribution in [0.1, 0.15) is 36.5 Å². The van der Waals surface area contributed by atoms with Gasteiger partial charge < -0.3 is 10.1 Å². The third kappa shape index (κ3) is 3.98. The maximum atomic E-state index is 5.79. The Morgan fingerprint density at radius 1 is 1.14 bits per heavy atom. The Bertz CT molecular complexity index is 613. The van der Waals surface area contributed by atoms with E-state index in [1.54, 1.807) is 0 Å². The summed E-state index contributed by atoms with van der Waals surface area (Å²) < 4.78 is 5.79. The molecule has 0 aromatic carbocycles. The lowest BCUT2D eigenvalue weighted by Gasteiger charge is -2.10. The number of aromatic nitrogens is 3. The van der Waals surface area contributed by atoms with E-state index in [1.165, 1.54) is 0 Å². The lowest BCUT2D eigenvalue weighted by molar-refractivity contribution is 0.431. The molecule has 2 heterocycles. The molecule has 2 aromatic rings. The Labute approximate surface area is 125 Å². The standard InChI is InChI=1S/C16H22N4O/c1-5-14-15(8-7-11(3)19-14)21-16-18-10-13(9-17-6-2)12(4)20-16/h7-8,10,17H,5-6,9H2,1-4H3. The molecule has 0 bridgehead atoms. The summed E-state index contributed by atoms with van der Waals surface area (Å²) in [6.45, 7) is 9.76. The van der Waals surface area contributed by atoms with E-state index in [4.69, 9.17) is 4.74 Å². The normalized spacial score (nSPS) is 10.7. The molecular formula is C16H22N4O. The van der Waals surface area contributed by atoms with Crippen molar-refractivity contribution in [2.45, 2.75) is 40.7 Å². The second kappa shape index (κ2) is 7.13. The Morgan fingerprint density at radius 3 is 2.62 bits per heavy atom. The zero-order chi connectivity index (χ0) is 15.2. The maximum absolute atomic E-state index is 5.79. The third-order valence-electron chi connectivity index (χ3n) is 3.23. The van der Waals surface area contributed by atoms with Gasteiger partial charge in [-0.15, -0.1) is 0 Å². The fraction of sp³-hybridized carbons (Fsp3) is 0.438. The van der Waals surface area contributed by atoms with Crippen LogP contribution in [0.15, 0.2) is 18.3 Å². The van der Waals surface area contributed by atoms with E-state index in [1.807, 2.05) is 32.2 Å². The Balaban J connectivity index is 2.18. The smallest absolute Gasteiger partial charge is 0.322 e. The summed E-state index contributed by atoms with van der Waals surface area (Å²) in [5, 5.41) is 3.27. The highest BCUT2D eigenvalue weighted by Crippen LogP contribution is 2.22. The highest BCUT2D eigenvalue weighted by Gasteiger charge is 2.09. The molecule has 0 unspecified atom stereocenters. The average Bonchev–Trinajstić information content (AvgIpc) is 2.48. The minimum Gasteiger partial charge on any atom is -0.422 e. The summed E-state index contributed by atoms with van der Waals surface area (Å²) >= 11 is 0. The summed E-state index contributed by atoms with van der Waals surface area (Å²) in [7, 11) is 0. The van der Waals surface area contributed by atoms with Gasteiger partial charge in [0.1, 0.15) is 0 Å². The molecule has 112 valence electrons. The lowest BCUT2D eigenvalue weighted by atomic mass is 10.2. The summed E-state index contributed by atoms with van der Waals surface area (Å²) in [4.78, 5) is 13.2. The molecule has 0 aliphatic heterocycles. The zero-order valence-electron chi connectivity index (χ0n) is 13.1. The predicted molar refractivity (Wildman–Crippen MR) is 82.6 cm³/mol. The molecule has 0 aliphatic rings. The van der Waals surface area contributed by atoms with Crippen molar-refractivity contribution in [3.8, 4) is 11.8 Å². The number of hydrogen-bond acceptors (Lipinski definition) is 5. The van der Waals surface area contributed by atoms with Crippen LogP contribution in [0.4, 0.5) is 0 Å². The molecule has 2 aromatic heterocycles. The van der Waals surface area contributed by atoms with Crippen molar-refractivity contribution < 1.29 is 4.74 Å². The van der Waals surface area contributed by atoms with Crippen molar-refractivity contribution in [3.05, 3.63) is 41.0 Å². The fourth-order valence-corrected chi connectivity index (χ4v) is 2.00. The van der Waals surface area contributed by atoms with Crippen LogP contribution in [0.5, 0.6) is 11.8 Å². The molecule has 0 radical (unpaired) electrons. The first-order valence-corrected chi connectivity index (χ1v) is 7.31. The van der Waals surface area contributed by atoms with E-state index < -0.39 is 0 Å². The second-order valence-electron chi connectivity index (χ2n) is 4.90. The molecule has 21 heavy (non-hydrogen) atoms. The molecule has 0 amide bonds. The fourth-order valence-electron chi connectivity index (χ4n) is 2.00. The number of hydrogen-bond donors (Lipinski definition) is 1. The topological polar surface area (TPSA) is 59.9 Å². The quantitative estimate of drug-likeness (QED) is 0.884. The molecule has 5 heteroatoms. The Morgan fingerprint density at radius 2 is 1.95 bits per heavy atom. The van der Waals surface area contributed by atoms with Gasteiger partial charge in [0, 0.05) is 29.7 Å². The van der Waals surface area contributed by atoms with Gasteiger partial charge in [0.25, 0.3) is 0 Å². The van der Waals surface area contributed by atoms with Gasteiger partial charge in [0.2, 0.25) is 0 Å². The van der Waals surface area contributed by atoms with Gasteiger partial charge in [-0.3, -0.25) is 4.98 Å². The van der Waals surface area contributed by atoms with Crippen molar-refractivity contribution in [2.75, 3.05) is 6.54 Å². The largest absolute Gasteiger partial charge is 0.422 e. The highest BCUT2D eigenvalue weighted by atomic mass is 16.5. The minimum atomic E-state index is 0.369. The van der Waals surface area contributed by atoms with Gasteiger partial charge in [-0.05, 0) is 38.9 Å². The van der Waals surface area contributed by atoms with E-state index >= 15 is 0 Å². The van der Waals surface area contributed by atoms with Crippen molar-refractivity contribution >= 4 is 0 Å². The van der Waals surface area contributed by atoms with Crippen LogP contribution in [-0.2, 0) is 13.0 Å².